The summed E-state index contributed by atoms with van der Waals surface area (Å²) >= 11 is 7.32. The van der Waals surface area contributed by atoms with Gasteiger partial charge in [0.2, 0.25) is 16.9 Å². The molecule has 3 rings (SSSR count). The van der Waals surface area contributed by atoms with Crippen LogP contribution in [0.15, 0.2) is 30.3 Å². The van der Waals surface area contributed by atoms with Crippen LogP contribution in [0.1, 0.15) is 4.88 Å². The lowest BCUT2D eigenvalue weighted by Gasteiger charge is -2.06. The Morgan fingerprint density at radius 3 is 2.86 bits per heavy atom. The molecule has 2 heterocycles. The summed E-state index contributed by atoms with van der Waals surface area (Å²) in [4.78, 5) is 20.4. The van der Waals surface area contributed by atoms with E-state index in [1.807, 2.05) is 13.0 Å². The van der Waals surface area contributed by atoms with E-state index >= 15 is 0 Å². The number of fused-ring (bicyclic) bond motifs is 1. The number of para-hydroxylation sites is 2. The summed E-state index contributed by atoms with van der Waals surface area (Å²) in [6.45, 7) is 1.93. The minimum absolute atomic E-state index is 0.0398. The molecule has 0 saturated heterocycles. The molecule has 0 aliphatic carbocycles. The second-order valence-corrected chi connectivity index (χ2v) is 5.77. The predicted octanol–water partition coefficient (Wildman–Crippen LogP) is 4.35. The van der Waals surface area contributed by atoms with Crippen molar-refractivity contribution in [1.82, 2.24) is 9.97 Å². The Morgan fingerprint density at radius 1 is 1.33 bits per heavy atom. The predicted molar refractivity (Wildman–Crippen MR) is 80.3 cm³/mol. The highest BCUT2D eigenvalue weighted by Gasteiger charge is 2.18. The number of halogens is 1. The van der Waals surface area contributed by atoms with Crippen LogP contribution >= 0.6 is 22.9 Å². The van der Waals surface area contributed by atoms with Gasteiger partial charge in [0.05, 0.1) is 10.3 Å². The van der Waals surface area contributed by atoms with E-state index < -0.39 is 4.92 Å². The summed E-state index contributed by atoms with van der Waals surface area (Å²) in [6.07, 6.45) is 0. The average molecular weight is 322 g/mol. The first-order valence-electron chi connectivity index (χ1n) is 5.89. The summed E-state index contributed by atoms with van der Waals surface area (Å²) in [7, 11) is 0. The molecule has 0 atom stereocenters. The van der Waals surface area contributed by atoms with Gasteiger partial charge in [-0.1, -0.05) is 12.1 Å². The minimum Gasteiger partial charge on any atom is -0.431 e. The lowest BCUT2D eigenvalue weighted by Crippen LogP contribution is -1.95. The molecular weight excluding hydrogens is 314 g/mol. The highest BCUT2D eigenvalue weighted by atomic mass is 35.5. The zero-order valence-electron chi connectivity index (χ0n) is 10.7. The maximum Gasteiger partial charge on any atom is 0.311 e. The maximum absolute atomic E-state index is 11.0. The third-order valence-electron chi connectivity index (χ3n) is 2.72. The molecule has 0 N–H and O–H groups in total. The fraction of sp³-hybridized carbons (Fsp3) is 0.0769. The molecule has 0 amide bonds. The molecule has 0 aliphatic heterocycles. The Balaban J connectivity index is 2.12. The van der Waals surface area contributed by atoms with Gasteiger partial charge in [-0.05, 0) is 30.7 Å². The van der Waals surface area contributed by atoms with E-state index in [0.717, 1.165) is 4.88 Å². The number of rotatable bonds is 3. The first-order valence-corrected chi connectivity index (χ1v) is 7.09. The molecule has 6 nitrogen and oxygen atoms in total. The van der Waals surface area contributed by atoms with Crippen molar-refractivity contribution in [2.45, 2.75) is 6.92 Å². The van der Waals surface area contributed by atoms with Crippen LogP contribution in [0.5, 0.6) is 11.6 Å². The van der Waals surface area contributed by atoms with Gasteiger partial charge in [-0.25, -0.2) is 4.98 Å². The van der Waals surface area contributed by atoms with Crippen molar-refractivity contribution in [3.05, 3.63) is 50.6 Å². The van der Waals surface area contributed by atoms with Crippen LogP contribution in [0.2, 0.25) is 5.28 Å². The second kappa shape index (κ2) is 5.27. The third kappa shape index (κ3) is 2.65. The Hall–Kier alpha value is -2.25. The molecule has 0 saturated carbocycles. The molecule has 0 fully saturated rings. The highest BCUT2D eigenvalue weighted by Crippen LogP contribution is 2.36. The van der Waals surface area contributed by atoms with E-state index in [1.165, 1.54) is 23.5 Å². The maximum atomic E-state index is 11.0. The van der Waals surface area contributed by atoms with Crippen molar-refractivity contribution in [3.8, 4) is 11.6 Å². The topological polar surface area (TPSA) is 78.2 Å². The minimum atomic E-state index is -0.506. The Bertz CT molecular complexity index is 850. The second-order valence-electron chi connectivity index (χ2n) is 4.20. The van der Waals surface area contributed by atoms with Crippen LogP contribution in [0.25, 0.3) is 10.2 Å². The van der Waals surface area contributed by atoms with E-state index in [0.29, 0.717) is 10.2 Å². The van der Waals surface area contributed by atoms with Gasteiger partial charge in [0, 0.05) is 10.9 Å². The van der Waals surface area contributed by atoms with Crippen molar-refractivity contribution in [3.63, 3.8) is 0 Å². The highest BCUT2D eigenvalue weighted by molar-refractivity contribution is 7.18. The number of thiophene rings is 1. The zero-order valence-corrected chi connectivity index (χ0v) is 12.3. The van der Waals surface area contributed by atoms with E-state index in [2.05, 4.69) is 9.97 Å². The van der Waals surface area contributed by atoms with Crippen LogP contribution in [0, 0.1) is 17.0 Å². The van der Waals surface area contributed by atoms with Gasteiger partial charge in [0.1, 0.15) is 4.83 Å². The molecule has 0 aliphatic rings. The van der Waals surface area contributed by atoms with Crippen molar-refractivity contribution in [1.29, 1.82) is 0 Å². The van der Waals surface area contributed by atoms with Gasteiger partial charge in [-0.3, -0.25) is 10.1 Å². The molecule has 106 valence electrons. The zero-order chi connectivity index (χ0) is 15.0. The number of nitrogens with zero attached hydrogens (tertiary/aromatic N) is 3. The number of nitro groups is 1. The largest absolute Gasteiger partial charge is 0.431 e. The number of nitro benzene ring substituents is 1. The molecule has 0 radical (unpaired) electrons. The summed E-state index contributed by atoms with van der Waals surface area (Å²) < 4.78 is 5.61. The van der Waals surface area contributed by atoms with E-state index in [1.54, 1.807) is 12.1 Å². The summed E-state index contributed by atoms with van der Waals surface area (Å²) in [5.74, 6) is 0.325. The Kier molecular flexibility index (Phi) is 3.44. The van der Waals surface area contributed by atoms with Gasteiger partial charge in [-0.15, -0.1) is 11.3 Å². The summed E-state index contributed by atoms with van der Waals surface area (Å²) in [5.41, 5.74) is -0.132. The molecular formula is C13H8ClN3O3S. The Labute approximate surface area is 128 Å². The normalized spacial score (nSPS) is 10.8. The molecule has 3 aromatic rings. The molecule has 1 aromatic carbocycles. The third-order valence-corrected chi connectivity index (χ3v) is 3.84. The first-order chi connectivity index (χ1) is 10.0. The molecule has 0 unspecified atom stereocenters. The van der Waals surface area contributed by atoms with Crippen molar-refractivity contribution in [2.75, 3.05) is 0 Å². The fourth-order valence-corrected chi connectivity index (χ4v) is 2.95. The number of hydrogen-bond donors (Lipinski definition) is 0. The van der Waals surface area contributed by atoms with E-state index in [9.17, 15) is 10.1 Å². The van der Waals surface area contributed by atoms with Crippen LogP contribution < -0.4 is 4.74 Å². The van der Waals surface area contributed by atoms with Gasteiger partial charge >= 0.3 is 5.69 Å². The molecule has 0 spiro atoms. The Morgan fingerprint density at radius 2 is 2.10 bits per heavy atom. The van der Waals surface area contributed by atoms with E-state index in [-0.39, 0.29) is 22.6 Å². The number of hydrogen-bond acceptors (Lipinski definition) is 6. The SMILES string of the molecule is Cc1cc2c(Oc3ccccc3[N+](=O)[O-])nc(Cl)nc2s1. The number of aromatic nitrogens is 2. The van der Waals surface area contributed by atoms with Crippen LogP contribution in [0.3, 0.4) is 0 Å². The lowest BCUT2D eigenvalue weighted by molar-refractivity contribution is -0.385. The fourth-order valence-electron chi connectivity index (χ4n) is 1.87. The van der Waals surface area contributed by atoms with Gasteiger partial charge in [0.25, 0.3) is 0 Å². The lowest BCUT2D eigenvalue weighted by atomic mass is 10.3. The van der Waals surface area contributed by atoms with Gasteiger partial charge < -0.3 is 4.74 Å². The summed E-state index contributed by atoms with van der Waals surface area (Å²) in [5, 5.41) is 11.7. The van der Waals surface area contributed by atoms with Crippen LogP contribution in [-0.2, 0) is 0 Å². The van der Waals surface area contributed by atoms with Crippen molar-refractivity contribution < 1.29 is 9.66 Å². The monoisotopic (exact) mass is 321 g/mol. The quantitative estimate of drug-likeness (QED) is 0.407. The van der Waals surface area contributed by atoms with Crippen molar-refractivity contribution >= 4 is 38.8 Å². The number of aryl methyl sites for hydroxylation is 1. The number of benzene rings is 1. The van der Waals surface area contributed by atoms with Crippen molar-refractivity contribution in [2.24, 2.45) is 0 Å². The smallest absolute Gasteiger partial charge is 0.311 e. The summed E-state index contributed by atoms with van der Waals surface area (Å²) in [6, 6.07) is 7.97. The van der Waals surface area contributed by atoms with Crippen LogP contribution in [0.4, 0.5) is 5.69 Å². The first kappa shape index (κ1) is 13.7. The molecule has 8 heteroatoms. The van der Waals surface area contributed by atoms with Crippen LogP contribution in [-0.4, -0.2) is 14.9 Å². The average Bonchev–Trinajstić information content (AvgIpc) is 2.79. The number of ether oxygens (including phenoxy) is 1. The van der Waals surface area contributed by atoms with Gasteiger partial charge in [-0.2, -0.15) is 4.98 Å². The molecule has 0 bridgehead atoms. The standard InChI is InChI=1S/C13H8ClN3O3S/c1-7-6-8-11(15-13(14)16-12(8)21-7)20-10-5-3-2-4-9(10)17(18)19/h2-6H,1H3. The van der Waals surface area contributed by atoms with Gasteiger partial charge in [0.15, 0.2) is 0 Å². The van der Waals surface area contributed by atoms with E-state index in [4.69, 9.17) is 16.3 Å². The molecule has 2 aromatic heterocycles. The molecule has 21 heavy (non-hydrogen) atoms.